The number of imidazole rings is 2. The first-order valence-corrected chi connectivity index (χ1v) is 10.4. The Kier molecular flexibility index (Phi) is 3.89. The summed E-state index contributed by atoms with van der Waals surface area (Å²) in [6, 6.07) is 5.08. The lowest BCUT2D eigenvalue weighted by Gasteiger charge is -2.27. The van der Waals surface area contributed by atoms with Gasteiger partial charge in [-0.05, 0) is 24.6 Å². The third-order valence-electron chi connectivity index (χ3n) is 5.16. The summed E-state index contributed by atoms with van der Waals surface area (Å²) in [5.74, 6) is 0.998. The fourth-order valence-electron chi connectivity index (χ4n) is 3.56. The summed E-state index contributed by atoms with van der Waals surface area (Å²) in [5.41, 5.74) is 8.56. The van der Waals surface area contributed by atoms with Gasteiger partial charge in [0.15, 0.2) is 11.5 Å². The summed E-state index contributed by atoms with van der Waals surface area (Å²) in [6.07, 6.45) is 6.52. The smallest absolute Gasteiger partial charge is 0.243 e. The Morgan fingerprint density at radius 1 is 1.14 bits per heavy atom. The molecular weight excluding hydrogens is 392 g/mol. The molecule has 4 aromatic rings. The molecule has 1 aromatic carbocycles. The monoisotopic (exact) mass is 410 g/mol. The fourth-order valence-corrected chi connectivity index (χ4v) is 4.97. The van der Waals surface area contributed by atoms with Gasteiger partial charge in [0.1, 0.15) is 12.2 Å². The van der Waals surface area contributed by atoms with Crippen LogP contribution in [0.2, 0.25) is 0 Å². The van der Waals surface area contributed by atoms with Crippen molar-refractivity contribution in [2.75, 3.05) is 12.3 Å². The molecule has 0 amide bonds. The van der Waals surface area contributed by atoms with Crippen molar-refractivity contribution in [3.63, 3.8) is 0 Å². The number of hydrogen-bond donors (Lipinski definition) is 1. The molecule has 0 fully saturated rings. The van der Waals surface area contributed by atoms with Gasteiger partial charge in [0.2, 0.25) is 10.0 Å². The largest absolute Gasteiger partial charge is 0.381 e. The summed E-state index contributed by atoms with van der Waals surface area (Å²) in [7, 11) is -3.68. The first-order valence-electron chi connectivity index (χ1n) is 9.00. The van der Waals surface area contributed by atoms with Gasteiger partial charge in [-0.2, -0.15) is 9.40 Å². The molecule has 0 unspecified atom stereocenters. The Morgan fingerprint density at radius 3 is 2.86 bits per heavy atom. The number of benzene rings is 1. The molecule has 0 bridgehead atoms. The van der Waals surface area contributed by atoms with Crippen LogP contribution in [0.15, 0.2) is 48.0 Å². The van der Waals surface area contributed by atoms with Gasteiger partial charge >= 0.3 is 0 Å². The molecular formula is C18H18N8O2S. The Morgan fingerprint density at radius 2 is 2.00 bits per heavy atom. The molecule has 3 aromatic heterocycles. The Labute approximate surface area is 166 Å². The molecule has 0 spiro atoms. The molecule has 0 saturated heterocycles. The van der Waals surface area contributed by atoms with E-state index in [0.29, 0.717) is 24.4 Å². The zero-order chi connectivity index (χ0) is 20.2. The van der Waals surface area contributed by atoms with Gasteiger partial charge in [-0.3, -0.25) is 0 Å². The highest BCUT2D eigenvalue weighted by Crippen LogP contribution is 2.29. The van der Waals surface area contributed by atoms with Gasteiger partial charge in [-0.15, -0.1) is 0 Å². The minimum Gasteiger partial charge on any atom is -0.381 e. The predicted molar refractivity (Wildman–Crippen MR) is 105 cm³/mol. The van der Waals surface area contributed by atoms with Crippen LogP contribution in [0.4, 0.5) is 5.82 Å². The summed E-state index contributed by atoms with van der Waals surface area (Å²) < 4.78 is 31.6. The zero-order valence-electron chi connectivity index (χ0n) is 15.6. The number of rotatable bonds is 3. The average molecular weight is 410 g/mol. The number of anilines is 1. The second kappa shape index (κ2) is 6.36. The lowest BCUT2D eigenvalue weighted by Crippen LogP contribution is -2.38. The number of nitrogen functional groups attached to an aromatic ring is 1. The number of aromatic nitrogens is 6. The molecule has 1 aliphatic heterocycles. The number of fused-ring (bicyclic) bond motifs is 2. The van der Waals surface area contributed by atoms with Crippen molar-refractivity contribution in [3.05, 3.63) is 54.5 Å². The van der Waals surface area contributed by atoms with Gasteiger partial charge in [0.05, 0.1) is 23.3 Å². The lowest BCUT2D eigenvalue weighted by atomic mass is 10.1. The molecule has 1 aliphatic rings. The van der Waals surface area contributed by atoms with E-state index in [-0.39, 0.29) is 17.3 Å². The number of aryl methyl sites for hydroxylation is 1. The van der Waals surface area contributed by atoms with E-state index < -0.39 is 10.0 Å². The van der Waals surface area contributed by atoms with E-state index in [2.05, 4.69) is 20.1 Å². The first kappa shape index (κ1) is 17.8. The molecule has 0 atom stereocenters. The van der Waals surface area contributed by atoms with Gasteiger partial charge in [0, 0.05) is 31.0 Å². The zero-order valence-corrected chi connectivity index (χ0v) is 16.4. The third-order valence-corrected chi connectivity index (χ3v) is 7.00. The molecule has 10 nitrogen and oxygen atoms in total. The van der Waals surface area contributed by atoms with Crippen LogP contribution in [-0.4, -0.2) is 48.4 Å². The van der Waals surface area contributed by atoms with E-state index in [9.17, 15) is 8.42 Å². The summed E-state index contributed by atoms with van der Waals surface area (Å²) in [4.78, 5) is 12.7. The summed E-state index contributed by atoms with van der Waals surface area (Å²) >= 11 is 0. The van der Waals surface area contributed by atoms with Gasteiger partial charge in [-0.25, -0.2) is 27.9 Å². The molecule has 0 aliphatic carbocycles. The van der Waals surface area contributed by atoms with Crippen LogP contribution in [0.3, 0.4) is 0 Å². The predicted octanol–water partition coefficient (Wildman–Crippen LogP) is 1.08. The summed E-state index contributed by atoms with van der Waals surface area (Å²) in [5, 5.41) is 4.21. The van der Waals surface area contributed by atoms with E-state index in [0.717, 1.165) is 17.0 Å². The first-order chi connectivity index (χ1) is 13.9. The molecule has 2 N–H and O–H groups in total. The van der Waals surface area contributed by atoms with E-state index in [4.69, 9.17) is 5.73 Å². The van der Waals surface area contributed by atoms with Gasteiger partial charge in [0.25, 0.3) is 0 Å². The summed E-state index contributed by atoms with van der Waals surface area (Å²) in [6.45, 7) is 3.14. The van der Waals surface area contributed by atoms with Crippen LogP contribution in [0.1, 0.15) is 11.4 Å². The van der Waals surface area contributed by atoms with Crippen LogP contribution in [0, 0.1) is 6.92 Å². The highest BCUT2D eigenvalue weighted by Gasteiger charge is 2.29. The second-order valence-corrected chi connectivity index (χ2v) is 8.81. The Bertz CT molecular complexity index is 1340. The molecule has 0 saturated carbocycles. The van der Waals surface area contributed by atoms with Crippen molar-refractivity contribution in [2.45, 2.75) is 24.9 Å². The van der Waals surface area contributed by atoms with Crippen molar-refractivity contribution in [1.29, 1.82) is 0 Å². The van der Waals surface area contributed by atoms with Crippen molar-refractivity contribution in [2.24, 2.45) is 0 Å². The standard InChI is InChI=1S/C18H18N8O2S/c1-12-2-3-13(29(27,28)25-7-6-24-5-4-20-16(24)10-25)8-14(12)15-9-21-18-17(19)22-11-23-26(15)18/h2-5,8-9,11H,6-7,10H2,1H3,(H2,19,22,23). The van der Waals surface area contributed by atoms with E-state index in [1.54, 1.807) is 35.1 Å². The molecule has 5 rings (SSSR count). The van der Waals surface area contributed by atoms with Crippen molar-refractivity contribution >= 4 is 21.5 Å². The quantitative estimate of drug-likeness (QED) is 0.536. The maximum atomic E-state index is 13.3. The van der Waals surface area contributed by atoms with Crippen LogP contribution in [0.25, 0.3) is 16.9 Å². The van der Waals surface area contributed by atoms with Crippen molar-refractivity contribution < 1.29 is 8.42 Å². The Balaban J connectivity index is 1.58. The average Bonchev–Trinajstić information content (AvgIpc) is 3.35. The molecule has 148 valence electrons. The van der Waals surface area contributed by atoms with E-state index in [1.165, 1.54) is 10.6 Å². The number of nitrogens with two attached hydrogens (primary N) is 1. The number of nitrogens with zero attached hydrogens (tertiary/aromatic N) is 7. The highest BCUT2D eigenvalue weighted by molar-refractivity contribution is 7.89. The van der Waals surface area contributed by atoms with Gasteiger partial charge in [-0.1, -0.05) is 6.07 Å². The minimum absolute atomic E-state index is 0.218. The maximum absolute atomic E-state index is 13.3. The van der Waals surface area contributed by atoms with Crippen molar-refractivity contribution in [1.82, 2.24) is 33.4 Å². The number of hydrogen-bond acceptors (Lipinski definition) is 7. The van der Waals surface area contributed by atoms with Gasteiger partial charge < -0.3 is 10.3 Å². The van der Waals surface area contributed by atoms with E-state index >= 15 is 0 Å². The second-order valence-electron chi connectivity index (χ2n) is 6.88. The lowest BCUT2D eigenvalue weighted by molar-refractivity contribution is 0.335. The van der Waals surface area contributed by atoms with Crippen LogP contribution >= 0.6 is 0 Å². The SMILES string of the molecule is Cc1ccc(S(=O)(=O)N2CCn3ccnc3C2)cc1-c1cnc2c(N)ncnn12. The molecule has 4 heterocycles. The normalized spacial score (nSPS) is 14.9. The molecule has 11 heteroatoms. The highest BCUT2D eigenvalue weighted by atomic mass is 32.2. The van der Waals surface area contributed by atoms with Crippen LogP contribution in [0.5, 0.6) is 0 Å². The molecule has 29 heavy (non-hydrogen) atoms. The Hall–Kier alpha value is -3.31. The van der Waals surface area contributed by atoms with E-state index in [1.807, 2.05) is 17.7 Å². The topological polar surface area (TPSA) is 124 Å². The number of sulfonamides is 1. The maximum Gasteiger partial charge on any atom is 0.243 e. The third kappa shape index (κ3) is 2.77. The van der Waals surface area contributed by atoms with Crippen LogP contribution in [-0.2, 0) is 23.1 Å². The minimum atomic E-state index is -3.68. The van der Waals surface area contributed by atoms with Crippen LogP contribution < -0.4 is 5.73 Å². The fraction of sp³-hybridized carbons (Fsp3) is 0.222. The van der Waals surface area contributed by atoms with Crippen molar-refractivity contribution in [3.8, 4) is 11.3 Å². The molecule has 0 radical (unpaired) electrons.